The van der Waals surface area contributed by atoms with E-state index < -0.39 is 0 Å². The van der Waals surface area contributed by atoms with Gasteiger partial charge in [-0.25, -0.2) is 0 Å². The minimum Gasteiger partial charge on any atom is -0.388 e. The van der Waals surface area contributed by atoms with Gasteiger partial charge in [0.05, 0.1) is 0 Å². The number of hydrogen-bond acceptors (Lipinski definition) is 3. The highest BCUT2D eigenvalue weighted by molar-refractivity contribution is 7.99. The van der Waals surface area contributed by atoms with Crippen LogP contribution in [-0.2, 0) is 0 Å². The van der Waals surface area contributed by atoms with E-state index >= 15 is 0 Å². The normalized spacial score (nSPS) is 15.3. The highest BCUT2D eigenvalue weighted by Gasteiger charge is 2.17. The molecule has 0 unspecified atom stereocenters. The van der Waals surface area contributed by atoms with Crippen LogP contribution in [0.3, 0.4) is 0 Å². The lowest BCUT2D eigenvalue weighted by atomic mass is 10.1. The summed E-state index contributed by atoms with van der Waals surface area (Å²) in [5.74, 6) is 1.19. The molecule has 0 saturated heterocycles. The maximum atomic E-state index is 11.5. The number of rotatable bonds is 1. The number of carbonyl (C=O) groups excluding carboxylic acids is 1. The molecule has 0 amide bonds. The monoisotopic (exact) mass is 193 g/mol. The Morgan fingerprint density at radius 1 is 1.46 bits per heavy atom. The Morgan fingerprint density at radius 3 is 3.08 bits per heavy atom. The van der Waals surface area contributed by atoms with Crippen LogP contribution in [0.2, 0.25) is 0 Å². The summed E-state index contributed by atoms with van der Waals surface area (Å²) in [4.78, 5) is 12.6. The Morgan fingerprint density at radius 2 is 2.31 bits per heavy atom. The number of hydrogen-bond donors (Lipinski definition) is 1. The van der Waals surface area contributed by atoms with Gasteiger partial charge in [0.1, 0.15) is 0 Å². The molecule has 2 nitrogen and oxygen atoms in total. The molecule has 0 radical (unpaired) electrons. The first-order valence-electron chi connectivity index (χ1n) is 4.29. The molecule has 0 atom stereocenters. The smallest absolute Gasteiger partial charge is 0.164 e. The van der Waals surface area contributed by atoms with E-state index in [9.17, 15) is 4.79 Å². The first-order valence-corrected chi connectivity index (χ1v) is 5.27. The Bertz CT molecular complexity index is 349. The molecule has 1 N–H and O–H groups in total. The molecular weight excluding hydrogens is 182 g/mol. The maximum Gasteiger partial charge on any atom is 0.164 e. The number of benzene rings is 1. The molecule has 1 heterocycles. The fourth-order valence-corrected chi connectivity index (χ4v) is 2.47. The van der Waals surface area contributed by atoms with E-state index in [1.807, 2.05) is 25.2 Å². The number of ketones is 1. The zero-order valence-corrected chi connectivity index (χ0v) is 8.28. The van der Waals surface area contributed by atoms with Crippen molar-refractivity contribution in [2.45, 2.75) is 11.3 Å². The summed E-state index contributed by atoms with van der Waals surface area (Å²) in [6.07, 6.45) is 0.677. The molecule has 1 aliphatic heterocycles. The van der Waals surface area contributed by atoms with Crippen molar-refractivity contribution in [2.75, 3.05) is 18.1 Å². The first kappa shape index (κ1) is 8.63. The molecule has 0 spiro atoms. The van der Waals surface area contributed by atoms with Gasteiger partial charge in [-0.2, -0.15) is 0 Å². The summed E-state index contributed by atoms with van der Waals surface area (Å²) < 4.78 is 0. The molecule has 0 aromatic heterocycles. The number of fused-ring (bicyclic) bond motifs is 1. The molecule has 68 valence electrons. The summed E-state index contributed by atoms with van der Waals surface area (Å²) in [5, 5.41) is 3.07. The minimum atomic E-state index is 0.274. The van der Waals surface area contributed by atoms with Crippen LogP contribution in [0.15, 0.2) is 23.1 Å². The summed E-state index contributed by atoms with van der Waals surface area (Å²) in [6, 6.07) is 5.90. The molecular formula is C10H11NOS. The fourth-order valence-electron chi connectivity index (χ4n) is 1.42. The van der Waals surface area contributed by atoms with Gasteiger partial charge in [-0.3, -0.25) is 4.79 Å². The average molecular weight is 193 g/mol. The third-order valence-electron chi connectivity index (χ3n) is 2.16. The summed E-state index contributed by atoms with van der Waals surface area (Å²) in [6.45, 7) is 0. The molecule has 0 saturated carbocycles. The molecule has 0 fully saturated rings. The van der Waals surface area contributed by atoms with Crippen molar-refractivity contribution >= 4 is 23.2 Å². The van der Waals surface area contributed by atoms with E-state index in [1.54, 1.807) is 11.8 Å². The SMILES string of the molecule is CNc1ccc2c(c1)SCCC2=O. The van der Waals surface area contributed by atoms with Gasteiger partial charge in [0, 0.05) is 35.4 Å². The van der Waals surface area contributed by atoms with E-state index in [2.05, 4.69) is 5.32 Å². The van der Waals surface area contributed by atoms with Gasteiger partial charge in [0.15, 0.2) is 5.78 Å². The molecule has 1 aromatic rings. The van der Waals surface area contributed by atoms with Gasteiger partial charge in [-0.1, -0.05) is 0 Å². The van der Waals surface area contributed by atoms with Crippen LogP contribution in [0, 0.1) is 0 Å². The van der Waals surface area contributed by atoms with E-state index in [0.29, 0.717) is 6.42 Å². The van der Waals surface area contributed by atoms with Gasteiger partial charge in [-0.15, -0.1) is 11.8 Å². The quantitative estimate of drug-likeness (QED) is 0.742. The lowest BCUT2D eigenvalue weighted by Crippen LogP contribution is -2.08. The second kappa shape index (κ2) is 3.42. The van der Waals surface area contributed by atoms with Crippen LogP contribution < -0.4 is 5.32 Å². The first-order chi connectivity index (χ1) is 6.31. The van der Waals surface area contributed by atoms with Crippen molar-refractivity contribution in [2.24, 2.45) is 0 Å². The van der Waals surface area contributed by atoms with Gasteiger partial charge in [-0.05, 0) is 18.2 Å². The van der Waals surface area contributed by atoms with Gasteiger partial charge >= 0.3 is 0 Å². The van der Waals surface area contributed by atoms with Crippen molar-refractivity contribution < 1.29 is 4.79 Å². The Labute approximate surface area is 81.7 Å². The molecule has 0 aliphatic carbocycles. The average Bonchev–Trinajstić information content (AvgIpc) is 2.18. The highest BCUT2D eigenvalue weighted by atomic mass is 32.2. The second-order valence-electron chi connectivity index (χ2n) is 2.98. The van der Waals surface area contributed by atoms with Crippen molar-refractivity contribution in [1.82, 2.24) is 0 Å². The number of thioether (sulfide) groups is 1. The lowest BCUT2D eigenvalue weighted by Gasteiger charge is -2.14. The molecule has 1 aliphatic rings. The topological polar surface area (TPSA) is 29.1 Å². The van der Waals surface area contributed by atoms with E-state index in [1.165, 1.54) is 0 Å². The van der Waals surface area contributed by atoms with Gasteiger partial charge < -0.3 is 5.32 Å². The summed E-state index contributed by atoms with van der Waals surface area (Å²) in [7, 11) is 1.89. The Balaban J connectivity index is 2.45. The Kier molecular flexibility index (Phi) is 2.27. The summed E-state index contributed by atoms with van der Waals surface area (Å²) >= 11 is 1.76. The standard InChI is InChI=1S/C10H11NOS/c1-11-7-2-3-8-9(12)4-5-13-10(8)6-7/h2-3,6,11H,4-5H2,1H3. The number of Topliss-reactive ketones (excluding diaryl/α,β-unsaturated/α-hetero) is 1. The third kappa shape index (κ3) is 1.56. The zero-order chi connectivity index (χ0) is 9.26. The van der Waals surface area contributed by atoms with Crippen LogP contribution in [-0.4, -0.2) is 18.6 Å². The van der Waals surface area contributed by atoms with Crippen molar-refractivity contribution in [3.63, 3.8) is 0 Å². The van der Waals surface area contributed by atoms with Crippen molar-refractivity contribution in [1.29, 1.82) is 0 Å². The number of carbonyl (C=O) groups is 1. The van der Waals surface area contributed by atoms with Crippen LogP contribution >= 0.6 is 11.8 Å². The van der Waals surface area contributed by atoms with Crippen LogP contribution in [0.5, 0.6) is 0 Å². The molecule has 0 bridgehead atoms. The number of anilines is 1. The van der Waals surface area contributed by atoms with Crippen LogP contribution in [0.1, 0.15) is 16.8 Å². The highest BCUT2D eigenvalue weighted by Crippen LogP contribution is 2.31. The van der Waals surface area contributed by atoms with Gasteiger partial charge in [0.2, 0.25) is 0 Å². The predicted octanol–water partition coefficient (Wildman–Crippen LogP) is 2.41. The Hall–Kier alpha value is -0.960. The van der Waals surface area contributed by atoms with E-state index in [0.717, 1.165) is 21.9 Å². The molecule has 3 heteroatoms. The third-order valence-corrected chi connectivity index (χ3v) is 3.21. The number of nitrogens with one attached hydrogen (secondary N) is 1. The molecule has 2 rings (SSSR count). The summed E-state index contributed by atoms with van der Waals surface area (Å²) in [5.41, 5.74) is 1.95. The zero-order valence-electron chi connectivity index (χ0n) is 7.46. The second-order valence-corrected chi connectivity index (χ2v) is 4.12. The molecule has 1 aromatic carbocycles. The van der Waals surface area contributed by atoms with Crippen LogP contribution in [0.25, 0.3) is 0 Å². The van der Waals surface area contributed by atoms with E-state index in [-0.39, 0.29) is 5.78 Å². The molecule has 13 heavy (non-hydrogen) atoms. The van der Waals surface area contributed by atoms with Crippen molar-refractivity contribution in [3.05, 3.63) is 23.8 Å². The van der Waals surface area contributed by atoms with Gasteiger partial charge in [0.25, 0.3) is 0 Å². The fraction of sp³-hybridized carbons (Fsp3) is 0.300. The van der Waals surface area contributed by atoms with E-state index in [4.69, 9.17) is 0 Å². The maximum absolute atomic E-state index is 11.5. The predicted molar refractivity (Wildman–Crippen MR) is 55.7 cm³/mol. The minimum absolute atomic E-state index is 0.274. The van der Waals surface area contributed by atoms with Crippen molar-refractivity contribution in [3.8, 4) is 0 Å². The van der Waals surface area contributed by atoms with Crippen LogP contribution in [0.4, 0.5) is 5.69 Å². The lowest BCUT2D eigenvalue weighted by molar-refractivity contribution is 0.0985. The largest absolute Gasteiger partial charge is 0.388 e.